The van der Waals surface area contributed by atoms with Crippen molar-refractivity contribution in [3.63, 3.8) is 0 Å². The van der Waals surface area contributed by atoms with E-state index in [4.69, 9.17) is 0 Å². The third kappa shape index (κ3) is 3.74. The van der Waals surface area contributed by atoms with Gasteiger partial charge in [0.05, 0.1) is 11.3 Å². The Morgan fingerprint density at radius 3 is 2.32 bits per heavy atom. The molecule has 0 unspecified atom stereocenters. The number of rotatable bonds is 4. The summed E-state index contributed by atoms with van der Waals surface area (Å²) in [5, 5.41) is 9.32. The van der Waals surface area contributed by atoms with Crippen LogP contribution in [0.15, 0.2) is 41.3 Å². The highest BCUT2D eigenvalue weighted by atomic mass is 32.2. The highest BCUT2D eigenvalue weighted by Crippen LogP contribution is 2.26. The van der Waals surface area contributed by atoms with Gasteiger partial charge in [-0.15, -0.1) is 0 Å². The van der Waals surface area contributed by atoms with Crippen LogP contribution in [-0.2, 0) is 10.0 Å². The molecule has 9 heteroatoms. The van der Waals surface area contributed by atoms with E-state index < -0.39 is 26.6 Å². The van der Waals surface area contributed by atoms with Gasteiger partial charge in [0.15, 0.2) is 5.78 Å². The number of Topliss-reactive ketones (excluding diaryl/α,β-unsaturated/α-hetero) is 1. The van der Waals surface area contributed by atoms with Crippen molar-refractivity contribution >= 4 is 21.5 Å². The number of carbonyl (C=O) groups excluding carboxylic acids is 1. The lowest BCUT2D eigenvalue weighted by Crippen LogP contribution is -2.49. The Morgan fingerprint density at radius 1 is 1.07 bits per heavy atom. The molecule has 1 heterocycles. The number of sulfonamides is 1. The van der Waals surface area contributed by atoms with Crippen LogP contribution in [0.5, 0.6) is 0 Å². The second-order valence-electron chi connectivity index (χ2n) is 6.37. The molecule has 0 N–H and O–H groups in total. The van der Waals surface area contributed by atoms with Crippen LogP contribution < -0.4 is 4.90 Å². The van der Waals surface area contributed by atoms with Crippen LogP contribution in [0.1, 0.15) is 22.8 Å². The largest absolute Gasteiger partial charge is 0.368 e. The van der Waals surface area contributed by atoms with E-state index in [1.54, 1.807) is 18.2 Å². The molecule has 2 aromatic carbocycles. The van der Waals surface area contributed by atoms with Crippen molar-refractivity contribution in [2.24, 2.45) is 0 Å². The van der Waals surface area contributed by atoms with Crippen LogP contribution in [0.4, 0.5) is 14.5 Å². The number of carbonyl (C=O) groups is 1. The summed E-state index contributed by atoms with van der Waals surface area (Å²) in [4.78, 5) is 12.9. The first kappa shape index (κ1) is 19.9. The molecule has 1 aliphatic rings. The van der Waals surface area contributed by atoms with E-state index in [9.17, 15) is 27.3 Å². The summed E-state index contributed by atoms with van der Waals surface area (Å²) in [6.45, 7) is 2.08. The van der Waals surface area contributed by atoms with Crippen LogP contribution in [-0.4, -0.2) is 44.7 Å². The lowest BCUT2D eigenvalue weighted by atomic mass is 10.1. The molecule has 0 atom stereocenters. The fourth-order valence-corrected chi connectivity index (χ4v) is 4.57. The van der Waals surface area contributed by atoms with Crippen molar-refractivity contribution in [2.75, 3.05) is 31.1 Å². The number of hydrogen-bond acceptors (Lipinski definition) is 5. The average Bonchev–Trinajstić information content (AvgIpc) is 2.67. The molecule has 0 aliphatic carbocycles. The van der Waals surface area contributed by atoms with Crippen LogP contribution in [0.2, 0.25) is 0 Å². The number of hydrogen-bond donors (Lipinski definition) is 0. The fourth-order valence-electron chi connectivity index (χ4n) is 3.10. The van der Waals surface area contributed by atoms with E-state index in [1.807, 2.05) is 4.90 Å². The van der Waals surface area contributed by atoms with Gasteiger partial charge in [-0.3, -0.25) is 4.79 Å². The van der Waals surface area contributed by atoms with E-state index >= 15 is 0 Å². The zero-order chi connectivity index (χ0) is 20.5. The number of ketones is 1. The lowest BCUT2D eigenvalue weighted by Gasteiger charge is -2.35. The number of anilines is 1. The minimum absolute atomic E-state index is 0.0638. The molecule has 0 amide bonds. The summed E-state index contributed by atoms with van der Waals surface area (Å²) in [6.07, 6.45) is 0. The number of piperazine rings is 1. The molecule has 3 rings (SSSR count). The molecule has 0 radical (unpaired) electrons. The van der Waals surface area contributed by atoms with Crippen LogP contribution in [0.25, 0.3) is 0 Å². The SMILES string of the molecule is CC(=O)c1ccc(C#N)c(N2CCN(S(=O)(=O)c3ccc(F)cc3F)CC2)c1. The van der Waals surface area contributed by atoms with Gasteiger partial charge in [-0.25, -0.2) is 17.2 Å². The van der Waals surface area contributed by atoms with Gasteiger partial charge >= 0.3 is 0 Å². The number of nitrogens with zero attached hydrogens (tertiary/aromatic N) is 3. The molecule has 28 heavy (non-hydrogen) atoms. The minimum atomic E-state index is -4.11. The standard InChI is InChI=1S/C19H17F2N3O3S/c1-13(25)14-2-3-15(12-22)18(10-14)23-6-8-24(9-7-23)28(26,27)19-5-4-16(20)11-17(19)21/h2-5,10-11H,6-9H2,1H3. The Balaban J connectivity index is 1.82. The first-order valence-corrected chi connectivity index (χ1v) is 9.93. The van der Waals surface area contributed by atoms with Crippen molar-refractivity contribution in [2.45, 2.75) is 11.8 Å². The average molecular weight is 405 g/mol. The molecule has 1 saturated heterocycles. The maximum atomic E-state index is 13.9. The maximum absolute atomic E-state index is 13.9. The summed E-state index contributed by atoms with van der Waals surface area (Å²) in [5.74, 6) is -2.13. The van der Waals surface area contributed by atoms with Crippen LogP contribution in [0, 0.1) is 23.0 Å². The molecule has 6 nitrogen and oxygen atoms in total. The molecule has 1 aliphatic heterocycles. The summed E-state index contributed by atoms with van der Waals surface area (Å²) < 4.78 is 53.5. The lowest BCUT2D eigenvalue weighted by molar-refractivity contribution is 0.101. The van der Waals surface area contributed by atoms with Gasteiger partial charge in [0.1, 0.15) is 22.6 Å². The molecule has 0 bridgehead atoms. The molecule has 0 aromatic heterocycles. The van der Waals surface area contributed by atoms with E-state index in [-0.39, 0.29) is 32.0 Å². The zero-order valence-corrected chi connectivity index (χ0v) is 15.8. The van der Waals surface area contributed by atoms with Crippen molar-refractivity contribution in [1.82, 2.24) is 4.31 Å². The predicted octanol–water partition coefficient (Wildman–Crippen LogP) is 2.55. The van der Waals surface area contributed by atoms with E-state index in [1.165, 1.54) is 6.92 Å². The smallest absolute Gasteiger partial charge is 0.246 e. The molecular weight excluding hydrogens is 388 g/mol. The predicted molar refractivity (Wildman–Crippen MR) is 98.5 cm³/mol. The summed E-state index contributed by atoms with van der Waals surface area (Å²) >= 11 is 0. The Bertz CT molecular complexity index is 1070. The number of benzene rings is 2. The fraction of sp³-hybridized carbons (Fsp3) is 0.263. The molecular formula is C19H17F2N3O3S. The Hall–Kier alpha value is -2.83. The molecule has 1 fully saturated rings. The van der Waals surface area contributed by atoms with Gasteiger partial charge in [-0.2, -0.15) is 9.57 Å². The molecule has 146 valence electrons. The van der Waals surface area contributed by atoms with Gasteiger partial charge in [0, 0.05) is 37.8 Å². The summed E-state index contributed by atoms with van der Waals surface area (Å²) in [5.41, 5.74) is 1.39. The van der Waals surface area contributed by atoms with Gasteiger partial charge in [0.25, 0.3) is 0 Å². The second kappa shape index (κ2) is 7.66. The van der Waals surface area contributed by atoms with Gasteiger partial charge in [0.2, 0.25) is 10.0 Å². The monoisotopic (exact) mass is 405 g/mol. The summed E-state index contributed by atoms with van der Waals surface area (Å²) in [6, 6.07) is 9.17. The number of nitriles is 1. The number of halogens is 2. The normalized spacial score (nSPS) is 15.3. The van der Waals surface area contributed by atoms with Gasteiger partial charge in [-0.05, 0) is 37.3 Å². The highest BCUT2D eigenvalue weighted by Gasteiger charge is 2.31. The third-order valence-corrected chi connectivity index (χ3v) is 6.55. The van der Waals surface area contributed by atoms with Gasteiger partial charge in [-0.1, -0.05) is 0 Å². The van der Waals surface area contributed by atoms with Crippen LogP contribution in [0.3, 0.4) is 0 Å². The maximum Gasteiger partial charge on any atom is 0.246 e. The van der Waals surface area contributed by atoms with E-state index in [0.717, 1.165) is 16.4 Å². The first-order chi connectivity index (χ1) is 13.2. The van der Waals surface area contributed by atoms with Crippen molar-refractivity contribution in [1.29, 1.82) is 5.26 Å². The quantitative estimate of drug-likeness (QED) is 0.731. The van der Waals surface area contributed by atoms with Crippen molar-refractivity contribution in [3.8, 4) is 6.07 Å². The highest BCUT2D eigenvalue weighted by molar-refractivity contribution is 7.89. The molecule has 0 spiro atoms. The Labute approximate surface area is 161 Å². The zero-order valence-electron chi connectivity index (χ0n) is 15.0. The Morgan fingerprint density at radius 2 is 1.75 bits per heavy atom. The third-order valence-electron chi connectivity index (χ3n) is 4.62. The molecule has 0 saturated carbocycles. The minimum Gasteiger partial charge on any atom is -0.368 e. The topological polar surface area (TPSA) is 81.5 Å². The van der Waals surface area contributed by atoms with Crippen molar-refractivity contribution in [3.05, 3.63) is 59.2 Å². The van der Waals surface area contributed by atoms with Crippen molar-refractivity contribution < 1.29 is 22.0 Å². The Kier molecular flexibility index (Phi) is 5.45. The second-order valence-corrected chi connectivity index (χ2v) is 8.27. The van der Waals surface area contributed by atoms with Gasteiger partial charge < -0.3 is 4.90 Å². The summed E-state index contributed by atoms with van der Waals surface area (Å²) in [7, 11) is -4.11. The molecule has 2 aromatic rings. The van der Waals surface area contributed by atoms with E-state index in [2.05, 4.69) is 6.07 Å². The first-order valence-electron chi connectivity index (χ1n) is 8.49. The van der Waals surface area contributed by atoms with Crippen LogP contribution >= 0.6 is 0 Å². The van der Waals surface area contributed by atoms with E-state index in [0.29, 0.717) is 22.9 Å².